The second kappa shape index (κ2) is 5.32. The van der Waals surface area contributed by atoms with E-state index in [0.717, 1.165) is 0 Å². The molecule has 0 unspecified atom stereocenters. The Bertz CT molecular complexity index is 511. The minimum atomic E-state index is 0.467. The van der Waals surface area contributed by atoms with Gasteiger partial charge in [0, 0.05) is 5.02 Å². The molecule has 0 aliphatic heterocycles. The molecule has 2 aromatic rings. The molecule has 0 spiro atoms. The average Bonchev–Trinajstić information content (AvgIpc) is 2.39. The lowest BCUT2D eigenvalue weighted by Crippen LogP contribution is -1.97. The molecule has 2 rings (SSSR count). The lowest BCUT2D eigenvalue weighted by molar-refractivity contribution is -0.439. The van der Waals surface area contributed by atoms with Crippen LogP contribution < -0.4 is 5.43 Å². The predicted octanol–water partition coefficient (Wildman–Crippen LogP) is 3.96. The maximum atomic E-state index is 11.5. The van der Waals surface area contributed by atoms with Crippen molar-refractivity contribution in [2.45, 2.75) is 0 Å². The fraction of sp³-hybridized carbons (Fsp3) is 0. The van der Waals surface area contributed by atoms with Crippen LogP contribution in [0.2, 0.25) is 5.02 Å². The van der Waals surface area contributed by atoms with E-state index in [1.54, 1.807) is 48.5 Å². The first kappa shape index (κ1) is 11.4. The molecule has 0 aliphatic carbocycles. The molecular formula is C12H10ClN3O. The monoisotopic (exact) mass is 247 g/mol. The van der Waals surface area contributed by atoms with E-state index in [4.69, 9.17) is 11.6 Å². The van der Waals surface area contributed by atoms with Gasteiger partial charge in [0.15, 0.2) is 5.69 Å². The molecule has 4 nitrogen and oxygen atoms in total. The summed E-state index contributed by atoms with van der Waals surface area (Å²) in [6.45, 7) is 0. The van der Waals surface area contributed by atoms with Gasteiger partial charge in [0.05, 0.1) is 5.22 Å². The molecule has 0 amide bonds. The molecule has 0 bridgehead atoms. The Morgan fingerprint density at radius 3 is 2.29 bits per heavy atom. The van der Waals surface area contributed by atoms with Crippen LogP contribution in [0, 0.1) is 5.21 Å². The second-order valence-electron chi connectivity index (χ2n) is 3.33. The minimum Gasteiger partial charge on any atom is -0.691 e. The van der Waals surface area contributed by atoms with Gasteiger partial charge in [-0.2, -0.15) is 0 Å². The summed E-state index contributed by atoms with van der Waals surface area (Å²) in [6.07, 6.45) is 0. The Morgan fingerprint density at radius 1 is 1.00 bits per heavy atom. The summed E-state index contributed by atoms with van der Waals surface area (Å²) in [5.74, 6) is 0. The third kappa shape index (κ3) is 3.19. The fourth-order valence-corrected chi connectivity index (χ4v) is 1.37. The molecule has 17 heavy (non-hydrogen) atoms. The van der Waals surface area contributed by atoms with Crippen LogP contribution in [-0.4, -0.2) is 4.86 Å². The Morgan fingerprint density at radius 2 is 1.65 bits per heavy atom. The number of para-hydroxylation sites is 1. The van der Waals surface area contributed by atoms with Crippen molar-refractivity contribution in [2.24, 2.45) is 5.22 Å². The van der Waals surface area contributed by atoms with Crippen LogP contribution in [0.25, 0.3) is 0 Å². The lowest BCUT2D eigenvalue weighted by Gasteiger charge is -2.04. The number of halogens is 1. The molecule has 0 fully saturated rings. The Balaban J connectivity index is 2.08. The summed E-state index contributed by atoms with van der Waals surface area (Å²) in [5, 5.41) is 15.9. The molecule has 86 valence electrons. The molecule has 0 saturated heterocycles. The zero-order chi connectivity index (χ0) is 12.1. The van der Waals surface area contributed by atoms with Gasteiger partial charge >= 0.3 is 0 Å². The van der Waals surface area contributed by atoms with Crippen molar-refractivity contribution in [3.8, 4) is 0 Å². The highest BCUT2D eigenvalue weighted by atomic mass is 35.5. The molecule has 1 N–H and O–H groups in total. The first-order valence-corrected chi connectivity index (χ1v) is 5.38. The zero-order valence-electron chi connectivity index (χ0n) is 8.88. The van der Waals surface area contributed by atoms with Crippen LogP contribution in [0.3, 0.4) is 0 Å². The maximum Gasteiger partial charge on any atom is 0.154 e. The van der Waals surface area contributed by atoms with Crippen LogP contribution in [0.1, 0.15) is 0 Å². The van der Waals surface area contributed by atoms with Gasteiger partial charge in [0.25, 0.3) is 0 Å². The van der Waals surface area contributed by atoms with Crippen molar-refractivity contribution < 1.29 is 4.86 Å². The number of hydrogen-bond donors (Lipinski definition) is 1. The van der Waals surface area contributed by atoms with Gasteiger partial charge in [0.2, 0.25) is 0 Å². The lowest BCUT2D eigenvalue weighted by atomic mass is 10.3. The van der Waals surface area contributed by atoms with Crippen LogP contribution >= 0.6 is 11.6 Å². The summed E-state index contributed by atoms with van der Waals surface area (Å²) in [6, 6.07) is 15.7. The van der Waals surface area contributed by atoms with Crippen molar-refractivity contribution >= 4 is 23.0 Å². The maximum absolute atomic E-state index is 11.5. The molecule has 0 radical (unpaired) electrons. The van der Waals surface area contributed by atoms with Crippen LogP contribution in [0.15, 0.2) is 59.8 Å². The highest BCUT2D eigenvalue weighted by molar-refractivity contribution is 6.30. The number of benzene rings is 2. The zero-order valence-corrected chi connectivity index (χ0v) is 9.63. The van der Waals surface area contributed by atoms with Gasteiger partial charge in [-0.15, -0.1) is 10.3 Å². The standard InChI is InChI=1S/C12H10ClN3O/c13-10-6-8-11(9-7-10)14-15-16(17)12-4-2-1-3-5-12/h1-9,14H. The molecule has 2 aromatic carbocycles. The summed E-state index contributed by atoms with van der Waals surface area (Å²) in [4.78, 5) is 0.522. The molecular weight excluding hydrogens is 238 g/mol. The molecule has 0 atom stereocenters. The largest absolute Gasteiger partial charge is 0.691 e. The van der Waals surface area contributed by atoms with Crippen molar-refractivity contribution in [1.29, 1.82) is 0 Å². The van der Waals surface area contributed by atoms with E-state index >= 15 is 0 Å². The molecule has 0 aliphatic rings. The minimum absolute atomic E-state index is 0.467. The molecule has 0 heterocycles. The predicted molar refractivity (Wildman–Crippen MR) is 67.2 cm³/mol. The van der Waals surface area contributed by atoms with E-state index in [9.17, 15) is 5.21 Å². The van der Waals surface area contributed by atoms with Crippen LogP contribution in [0.4, 0.5) is 11.4 Å². The van der Waals surface area contributed by atoms with E-state index in [1.807, 2.05) is 6.07 Å². The molecule has 0 saturated carbocycles. The number of nitrogens with one attached hydrogen (secondary N) is 1. The Hall–Kier alpha value is -2.07. The fourth-order valence-electron chi connectivity index (χ4n) is 1.24. The highest BCUT2D eigenvalue weighted by Gasteiger charge is 1.98. The van der Waals surface area contributed by atoms with E-state index in [-0.39, 0.29) is 0 Å². The van der Waals surface area contributed by atoms with Crippen LogP contribution in [-0.2, 0) is 0 Å². The highest BCUT2D eigenvalue weighted by Crippen LogP contribution is 2.14. The molecule has 0 aromatic heterocycles. The van der Waals surface area contributed by atoms with Crippen LogP contribution in [0.5, 0.6) is 0 Å². The van der Waals surface area contributed by atoms with E-state index in [0.29, 0.717) is 21.3 Å². The first-order chi connectivity index (χ1) is 8.25. The number of anilines is 1. The summed E-state index contributed by atoms with van der Waals surface area (Å²) >= 11 is 5.74. The van der Waals surface area contributed by atoms with Gasteiger partial charge in [-0.1, -0.05) is 29.8 Å². The van der Waals surface area contributed by atoms with E-state index in [2.05, 4.69) is 10.6 Å². The van der Waals surface area contributed by atoms with Crippen molar-refractivity contribution in [2.75, 3.05) is 5.43 Å². The van der Waals surface area contributed by atoms with Crippen molar-refractivity contribution in [3.63, 3.8) is 0 Å². The number of hydrogen-bond acceptors (Lipinski definition) is 2. The van der Waals surface area contributed by atoms with Gasteiger partial charge in [0.1, 0.15) is 5.69 Å². The van der Waals surface area contributed by atoms with E-state index < -0.39 is 0 Å². The Labute approximate surface area is 104 Å². The first-order valence-electron chi connectivity index (χ1n) is 5.00. The Kier molecular flexibility index (Phi) is 3.57. The van der Waals surface area contributed by atoms with Crippen molar-refractivity contribution in [3.05, 3.63) is 64.8 Å². The molecule has 5 heteroatoms. The smallest absolute Gasteiger partial charge is 0.154 e. The van der Waals surface area contributed by atoms with Gasteiger partial charge < -0.3 is 5.21 Å². The average molecular weight is 248 g/mol. The third-order valence-corrected chi connectivity index (χ3v) is 2.34. The third-order valence-electron chi connectivity index (χ3n) is 2.09. The number of rotatable bonds is 3. The van der Waals surface area contributed by atoms with Crippen molar-refractivity contribution in [1.82, 2.24) is 0 Å². The second-order valence-corrected chi connectivity index (χ2v) is 3.76. The quantitative estimate of drug-likeness (QED) is 0.507. The van der Waals surface area contributed by atoms with E-state index in [1.165, 1.54) is 0 Å². The SMILES string of the molecule is [O-][N+](=NNc1ccc(Cl)cc1)c1ccccc1. The summed E-state index contributed by atoms with van der Waals surface area (Å²) < 4.78 is 0. The summed E-state index contributed by atoms with van der Waals surface area (Å²) in [5.41, 5.74) is 3.82. The number of nitrogens with zero attached hydrogens (tertiary/aromatic N) is 2. The normalized spacial score (nSPS) is 11.2. The van der Waals surface area contributed by atoms with Gasteiger partial charge in [-0.3, -0.25) is 0 Å². The summed E-state index contributed by atoms with van der Waals surface area (Å²) in [7, 11) is 0. The van der Waals surface area contributed by atoms with Gasteiger partial charge in [-0.25, -0.2) is 0 Å². The van der Waals surface area contributed by atoms with Gasteiger partial charge in [-0.05, 0) is 36.4 Å². The topological polar surface area (TPSA) is 50.5 Å².